The lowest BCUT2D eigenvalue weighted by Gasteiger charge is -2.29. The molecule has 4 rings (SSSR count). The third-order valence-electron chi connectivity index (χ3n) is 4.47. The molecule has 10 heteroatoms. The fraction of sp³-hybridized carbons (Fsp3) is 0.158. The molecule has 2 aromatic carbocycles. The highest BCUT2D eigenvalue weighted by Gasteiger charge is 2.41. The summed E-state index contributed by atoms with van der Waals surface area (Å²) in [6, 6.07) is 12.4. The van der Waals surface area contributed by atoms with Crippen molar-refractivity contribution < 1.29 is 9.39 Å². The Bertz CT molecular complexity index is 1090. The van der Waals surface area contributed by atoms with Crippen molar-refractivity contribution in [3.63, 3.8) is 0 Å². The Morgan fingerprint density at radius 2 is 1.86 bits per heavy atom. The number of fused-ring (bicyclic) bond motifs is 1. The lowest BCUT2D eigenvalue weighted by atomic mass is 9.88. The van der Waals surface area contributed by atoms with E-state index in [1.807, 2.05) is 19.1 Å². The molecule has 0 bridgehead atoms. The zero-order chi connectivity index (χ0) is 20.6. The van der Waals surface area contributed by atoms with Crippen LogP contribution in [0.5, 0.6) is 5.75 Å². The van der Waals surface area contributed by atoms with Gasteiger partial charge in [0.2, 0.25) is 11.7 Å². The molecule has 2 atom stereocenters. The first-order valence-electron chi connectivity index (χ1n) is 8.50. The zero-order valence-electron chi connectivity index (χ0n) is 15.4. The van der Waals surface area contributed by atoms with Gasteiger partial charge in [-0.2, -0.15) is 0 Å². The number of nitrogens with one attached hydrogen (secondary N) is 1. The number of benzene rings is 2. The fourth-order valence-electron chi connectivity index (χ4n) is 3.05. The first kappa shape index (κ1) is 19.9. The average molecular weight is 448 g/mol. The van der Waals surface area contributed by atoms with Gasteiger partial charge in [0.25, 0.3) is 0 Å². The summed E-state index contributed by atoms with van der Waals surface area (Å²) in [7, 11) is 0. The summed E-state index contributed by atoms with van der Waals surface area (Å²) in [6.45, 7) is 1.81. The smallest absolute Gasteiger partial charge is 0.227 e. The lowest BCUT2D eigenvalue weighted by molar-refractivity contribution is 0.247. The van der Waals surface area contributed by atoms with Gasteiger partial charge in [0.15, 0.2) is 10.4 Å². The minimum absolute atomic E-state index is 0.317. The number of aromatic nitrogens is 2. The molecule has 0 fully saturated rings. The van der Waals surface area contributed by atoms with Crippen molar-refractivity contribution in [2.24, 2.45) is 10.4 Å². The van der Waals surface area contributed by atoms with Gasteiger partial charge < -0.3 is 14.7 Å². The molecule has 1 N–H and O–H groups in total. The maximum atomic E-state index is 11.7. The highest BCUT2D eigenvalue weighted by Crippen LogP contribution is 2.46. The molecule has 0 saturated heterocycles. The van der Waals surface area contributed by atoms with Crippen LogP contribution < -0.4 is 10.2 Å². The molecule has 0 spiro atoms. The summed E-state index contributed by atoms with van der Waals surface area (Å²) in [5.74, 6) is 0.672. The first-order valence-corrected chi connectivity index (χ1v) is 10.8. The standard InChI is InChI=1S/C19H15Cl2N5O2S/c1-19(16-13(20)7-4-8-14(16)21)17-15(28-26-25-19)10-22-18(24-17)23-11-5-3-6-12(9-11)29(2)27/h3-10H,1-2H3,(H,22,23,24). The Labute approximate surface area is 180 Å². The van der Waals surface area contributed by atoms with Crippen LogP contribution in [0.3, 0.4) is 0 Å². The molecular weight excluding hydrogens is 433 g/mol. The van der Waals surface area contributed by atoms with Crippen LogP contribution in [0.1, 0.15) is 18.2 Å². The van der Waals surface area contributed by atoms with Crippen LogP contribution in [0.4, 0.5) is 11.6 Å². The van der Waals surface area contributed by atoms with Gasteiger partial charge in [-0.3, -0.25) is 0 Å². The van der Waals surface area contributed by atoms with Crippen molar-refractivity contribution in [2.45, 2.75) is 17.4 Å². The minimum atomic E-state index is -1.10. The fourth-order valence-corrected chi connectivity index (χ4v) is 4.38. The van der Waals surface area contributed by atoms with E-state index >= 15 is 0 Å². The van der Waals surface area contributed by atoms with Gasteiger partial charge in [-0.25, -0.2) is 9.97 Å². The van der Waals surface area contributed by atoms with E-state index in [4.69, 9.17) is 28.0 Å². The maximum absolute atomic E-state index is 11.7. The summed E-state index contributed by atoms with van der Waals surface area (Å²) in [4.78, 5) is 14.8. The SMILES string of the molecule is C[S+]([O-])c1cccc(Nc2ncc3c(n2)C(C)(c2c(Cl)cccc2Cl)N=NO3)c1. The summed E-state index contributed by atoms with van der Waals surface area (Å²) < 4.78 is 11.7. The van der Waals surface area contributed by atoms with Gasteiger partial charge in [0.1, 0.15) is 11.9 Å². The molecule has 1 aliphatic heterocycles. The van der Waals surface area contributed by atoms with E-state index in [-0.39, 0.29) is 0 Å². The second-order valence-electron chi connectivity index (χ2n) is 6.46. The molecule has 3 aromatic rings. The normalized spacial score (nSPS) is 18.7. The van der Waals surface area contributed by atoms with Gasteiger partial charge in [0, 0.05) is 32.6 Å². The van der Waals surface area contributed by atoms with E-state index < -0.39 is 16.7 Å². The Morgan fingerprint density at radius 3 is 2.59 bits per heavy atom. The van der Waals surface area contributed by atoms with Crippen LogP contribution in [0, 0.1) is 0 Å². The second-order valence-corrected chi connectivity index (χ2v) is 8.65. The van der Waals surface area contributed by atoms with E-state index in [2.05, 4.69) is 25.7 Å². The van der Waals surface area contributed by atoms with Crippen LogP contribution in [0.25, 0.3) is 0 Å². The van der Waals surface area contributed by atoms with Gasteiger partial charge in [-0.1, -0.05) is 35.3 Å². The molecule has 2 heterocycles. The number of nitrogens with zero attached hydrogens (tertiary/aromatic N) is 4. The summed E-state index contributed by atoms with van der Waals surface area (Å²) >= 11 is 11.7. The first-order chi connectivity index (χ1) is 13.9. The van der Waals surface area contributed by atoms with Crippen LogP contribution in [-0.2, 0) is 16.7 Å². The molecule has 2 unspecified atom stereocenters. The molecule has 148 valence electrons. The molecule has 0 saturated carbocycles. The maximum Gasteiger partial charge on any atom is 0.227 e. The predicted octanol–water partition coefficient (Wildman–Crippen LogP) is 5.29. The number of hydrogen-bond acceptors (Lipinski definition) is 7. The molecule has 0 aliphatic carbocycles. The van der Waals surface area contributed by atoms with Crippen molar-refractivity contribution >= 4 is 46.0 Å². The Hall–Kier alpha value is -2.39. The predicted molar refractivity (Wildman–Crippen MR) is 112 cm³/mol. The van der Waals surface area contributed by atoms with Gasteiger partial charge >= 0.3 is 0 Å². The van der Waals surface area contributed by atoms with Crippen molar-refractivity contribution in [1.82, 2.24) is 9.97 Å². The lowest BCUT2D eigenvalue weighted by Crippen LogP contribution is -2.27. The third kappa shape index (κ3) is 3.76. The number of halogens is 2. The van der Waals surface area contributed by atoms with E-state index in [1.165, 1.54) is 6.20 Å². The third-order valence-corrected chi connectivity index (χ3v) is 6.02. The monoisotopic (exact) mass is 447 g/mol. The molecule has 1 aliphatic rings. The van der Waals surface area contributed by atoms with Gasteiger partial charge in [-0.15, -0.1) is 5.11 Å². The minimum Gasteiger partial charge on any atom is -0.612 e. The van der Waals surface area contributed by atoms with Crippen LogP contribution in [-0.4, -0.2) is 20.8 Å². The van der Waals surface area contributed by atoms with Crippen LogP contribution >= 0.6 is 23.2 Å². The van der Waals surface area contributed by atoms with Crippen molar-refractivity contribution in [2.75, 3.05) is 11.6 Å². The average Bonchev–Trinajstić information content (AvgIpc) is 2.69. The summed E-state index contributed by atoms with van der Waals surface area (Å²) in [5, 5.41) is 12.0. The Balaban J connectivity index is 1.77. The van der Waals surface area contributed by atoms with E-state index in [0.29, 0.717) is 43.6 Å². The van der Waals surface area contributed by atoms with Crippen molar-refractivity contribution in [3.8, 4) is 5.75 Å². The highest BCUT2D eigenvalue weighted by molar-refractivity contribution is 7.90. The van der Waals surface area contributed by atoms with E-state index in [9.17, 15) is 4.55 Å². The molecule has 0 radical (unpaired) electrons. The van der Waals surface area contributed by atoms with Crippen LogP contribution in [0.2, 0.25) is 10.0 Å². The number of hydrogen-bond donors (Lipinski definition) is 1. The molecule has 0 amide bonds. The number of anilines is 2. The molecule has 29 heavy (non-hydrogen) atoms. The molecular formula is C19H15Cl2N5O2S. The van der Waals surface area contributed by atoms with E-state index in [0.717, 1.165) is 0 Å². The molecule has 7 nitrogen and oxygen atoms in total. The second kappa shape index (κ2) is 7.79. The van der Waals surface area contributed by atoms with Crippen LogP contribution in [0.15, 0.2) is 63.9 Å². The topological polar surface area (TPSA) is 94.8 Å². The van der Waals surface area contributed by atoms with Crippen molar-refractivity contribution in [3.05, 3.63) is 70.0 Å². The Kier molecular flexibility index (Phi) is 5.35. The number of rotatable bonds is 4. The Morgan fingerprint density at radius 1 is 1.14 bits per heavy atom. The summed E-state index contributed by atoms with van der Waals surface area (Å²) in [6.07, 6.45) is 3.13. The highest BCUT2D eigenvalue weighted by atomic mass is 35.5. The van der Waals surface area contributed by atoms with Gasteiger partial charge in [-0.05, 0) is 42.4 Å². The largest absolute Gasteiger partial charge is 0.612 e. The van der Waals surface area contributed by atoms with E-state index in [1.54, 1.807) is 36.6 Å². The zero-order valence-corrected chi connectivity index (χ0v) is 17.7. The molecule has 1 aromatic heterocycles. The van der Waals surface area contributed by atoms with Crippen molar-refractivity contribution in [1.29, 1.82) is 0 Å². The quantitative estimate of drug-likeness (QED) is 0.548. The van der Waals surface area contributed by atoms with Gasteiger partial charge in [0.05, 0.1) is 6.20 Å². The summed E-state index contributed by atoms with van der Waals surface area (Å²) in [5.41, 5.74) is 0.683.